The molecule has 2 aromatic carbocycles. The largest absolute Gasteiger partial charge is 0.348 e. The van der Waals surface area contributed by atoms with Gasteiger partial charge in [0.25, 0.3) is 0 Å². The molecular weight excluding hydrogens is 381 g/mol. The Bertz CT molecular complexity index is 944. The van der Waals surface area contributed by atoms with Gasteiger partial charge in [-0.1, -0.05) is 24.3 Å². The van der Waals surface area contributed by atoms with E-state index in [0.717, 1.165) is 25.3 Å². The molecule has 0 aromatic heterocycles. The molecule has 0 bridgehead atoms. The Morgan fingerprint density at radius 1 is 1.11 bits per heavy atom. The molecule has 6 nitrogen and oxygen atoms in total. The number of benzene rings is 2. The predicted molar refractivity (Wildman–Crippen MR) is 109 cm³/mol. The highest BCUT2D eigenvalue weighted by atomic mass is 32.2. The molecule has 0 fully saturated rings. The minimum absolute atomic E-state index is 0.361. The monoisotopic (exact) mass is 407 g/mol. The van der Waals surface area contributed by atoms with Gasteiger partial charge in [0.1, 0.15) is 12.4 Å². The van der Waals surface area contributed by atoms with E-state index < -0.39 is 22.2 Å². The number of amides is 1. The number of nitrogens with zero attached hydrogens (tertiary/aromatic N) is 2. The second-order valence-electron chi connectivity index (χ2n) is 6.93. The lowest BCUT2D eigenvalue weighted by molar-refractivity contribution is -0.120. The summed E-state index contributed by atoms with van der Waals surface area (Å²) in [6.07, 6.45) is 0. The second-order valence-corrected chi connectivity index (χ2v) is 8.99. The van der Waals surface area contributed by atoms with E-state index in [2.05, 4.69) is 5.32 Å². The molecule has 0 spiro atoms. The average molecular weight is 408 g/mol. The molecule has 152 valence electrons. The van der Waals surface area contributed by atoms with Gasteiger partial charge in [-0.15, -0.1) is 0 Å². The van der Waals surface area contributed by atoms with Gasteiger partial charge in [-0.25, -0.2) is 8.70 Å². The molecule has 2 aromatic rings. The normalized spacial score (nSPS) is 12.7. The minimum atomic E-state index is -3.88. The summed E-state index contributed by atoms with van der Waals surface area (Å²) in [6, 6.07) is 10.9. The Hall–Kier alpha value is -2.45. The number of nitrogens with one attached hydrogen (secondary N) is 1. The Morgan fingerprint density at radius 3 is 2.29 bits per heavy atom. The summed E-state index contributed by atoms with van der Waals surface area (Å²) < 4.78 is 41.0. The van der Waals surface area contributed by atoms with Gasteiger partial charge in [0.2, 0.25) is 5.91 Å². The van der Waals surface area contributed by atoms with Gasteiger partial charge in [0.15, 0.2) is 0 Å². The number of anilines is 1. The van der Waals surface area contributed by atoms with Crippen LogP contribution in [0.4, 0.5) is 10.1 Å². The molecule has 0 aliphatic heterocycles. The fraction of sp³-hybridized carbons (Fsp3) is 0.350. The fourth-order valence-electron chi connectivity index (χ4n) is 2.73. The van der Waals surface area contributed by atoms with Crippen molar-refractivity contribution >= 4 is 21.8 Å². The Labute approximate surface area is 166 Å². The maximum Gasteiger partial charge on any atom is 0.304 e. The maximum atomic E-state index is 13.1. The standard InChI is InChI=1S/C20H26FN3O3S/c1-14-6-7-15(2)19(12-14)24(28(26,27)23(4)5)13-20(25)22-16(3)17-8-10-18(21)11-9-17/h6-12,16H,13H2,1-5H3,(H,22,25)/t16-/m1/s1. The lowest BCUT2D eigenvalue weighted by atomic mass is 10.1. The van der Waals surface area contributed by atoms with Crippen molar-refractivity contribution in [2.75, 3.05) is 24.9 Å². The van der Waals surface area contributed by atoms with Crippen LogP contribution < -0.4 is 9.62 Å². The highest BCUT2D eigenvalue weighted by Gasteiger charge is 2.29. The number of hydrogen-bond acceptors (Lipinski definition) is 3. The number of rotatable bonds is 7. The van der Waals surface area contributed by atoms with E-state index in [9.17, 15) is 17.6 Å². The van der Waals surface area contributed by atoms with Crippen molar-refractivity contribution in [1.29, 1.82) is 0 Å². The number of aryl methyl sites for hydroxylation is 2. The van der Waals surface area contributed by atoms with Crippen molar-refractivity contribution in [3.63, 3.8) is 0 Å². The molecule has 2 rings (SSSR count). The summed E-state index contributed by atoms with van der Waals surface area (Å²) in [4.78, 5) is 12.6. The van der Waals surface area contributed by atoms with E-state index in [-0.39, 0.29) is 12.4 Å². The van der Waals surface area contributed by atoms with Crippen molar-refractivity contribution in [3.05, 3.63) is 65.0 Å². The van der Waals surface area contributed by atoms with Crippen LogP contribution in [0, 0.1) is 19.7 Å². The van der Waals surface area contributed by atoms with Crippen LogP contribution in [0.15, 0.2) is 42.5 Å². The molecule has 0 radical (unpaired) electrons. The van der Waals surface area contributed by atoms with E-state index in [1.165, 1.54) is 26.2 Å². The molecule has 0 saturated heterocycles. The van der Waals surface area contributed by atoms with Gasteiger partial charge in [0, 0.05) is 14.1 Å². The number of hydrogen-bond donors (Lipinski definition) is 1. The van der Waals surface area contributed by atoms with Gasteiger partial charge < -0.3 is 5.32 Å². The Morgan fingerprint density at radius 2 is 1.71 bits per heavy atom. The number of carbonyl (C=O) groups excluding carboxylic acids is 1. The van der Waals surface area contributed by atoms with Crippen LogP contribution >= 0.6 is 0 Å². The van der Waals surface area contributed by atoms with Crippen LogP contribution in [0.2, 0.25) is 0 Å². The molecular formula is C20H26FN3O3S. The average Bonchev–Trinajstić information content (AvgIpc) is 2.62. The zero-order chi connectivity index (χ0) is 21.1. The first kappa shape index (κ1) is 21.8. The summed E-state index contributed by atoms with van der Waals surface area (Å²) in [5.74, 6) is -0.816. The third-order valence-corrected chi connectivity index (χ3v) is 6.21. The smallest absolute Gasteiger partial charge is 0.304 e. The molecule has 0 unspecified atom stereocenters. The van der Waals surface area contributed by atoms with E-state index in [1.807, 2.05) is 19.1 Å². The van der Waals surface area contributed by atoms with Gasteiger partial charge in [0.05, 0.1) is 11.7 Å². The van der Waals surface area contributed by atoms with Gasteiger partial charge in [-0.3, -0.25) is 4.79 Å². The fourth-order valence-corrected chi connectivity index (χ4v) is 3.85. The SMILES string of the molecule is Cc1ccc(C)c(N(CC(=O)N[C@H](C)c2ccc(F)cc2)S(=O)(=O)N(C)C)c1. The molecule has 8 heteroatoms. The summed E-state index contributed by atoms with van der Waals surface area (Å²) in [5.41, 5.74) is 2.82. The molecule has 0 heterocycles. The minimum Gasteiger partial charge on any atom is -0.348 e. The molecule has 28 heavy (non-hydrogen) atoms. The van der Waals surface area contributed by atoms with E-state index in [0.29, 0.717) is 5.69 Å². The molecule has 1 N–H and O–H groups in total. The molecule has 0 saturated carbocycles. The van der Waals surface area contributed by atoms with E-state index in [4.69, 9.17) is 0 Å². The zero-order valence-electron chi connectivity index (χ0n) is 16.7. The summed E-state index contributed by atoms with van der Waals surface area (Å²) in [7, 11) is -1.03. The quantitative estimate of drug-likeness (QED) is 0.767. The highest BCUT2D eigenvalue weighted by molar-refractivity contribution is 7.90. The Kier molecular flexibility index (Phi) is 6.79. The van der Waals surface area contributed by atoms with Crippen LogP contribution in [0.25, 0.3) is 0 Å². The topological polar surface area (TPSA) is 69.7 Å². The van der Waals surface area contributed by atoms with Gasteiger partial charge in [-0.2, -0.15) is 12.7 Å². The van der Waals surface area contributed by atoms with Crippen LogP contribution in [0.3, 0.4) is 0 Å². The maximum absolute atomic E-state index is 13.1. The third-order valence-electron chi connectivity index (χ3n) is 4.41. The molecule has 0 aliphatic carbocycles. The number of carbonyl (C=O) groups is 1. The van der Waals surface area contributed by atoms with Gasteiger partial charge in [-0.05, 0) is 55.7 Å². The van der Waals surface area contributed by atoms with Crippen molar-refractivity contribution in [2.24, 2.45) is 0 Å². The van der Waals surface area contributed by atoms with Crippen molar-refractivity contribution in [3.8, 4) is 0 Å². The molecule has 1 amide bonds. The predicted octanol–water partition coefficient (Wildman–Crippen LogP) is 2.93. The van der Waals surface area contributed by atoms with Crippen molar-refractivity contribution < 1.29 is 17.6 Å². The van der Waals surface area contributed by atoms with Gasteiger partial charge >= 0.3 is 10.2 Å². The second kappa shape index (κ2) is 8.70. The lowest BCUT2D eigenvalue weighted by Gasteiger charge is -2.29. The summed E-state index contributed by atoms with van der Waals surface area (Å²) in [6.45, 7) is 5.05. The lowest BCUT2D eigenvalue weighted by Crippen LogP contribution is -2.46. The van der Waals surface area contributed by atoms with Crippen LogP contribution in [0.1, 0.15) is 29.7 Å². The van der Waals surface area contributed by atoms with Crippen LogP contribution in [0.5, 0.6) is 0 Å². The molecule has 0 aliphatic rings. The Balaban J connectivity index is 2.28. The van der Waals surface area contributed by atoms with Crippen molar-refractivity contribution in [1.82, 2.24) is 9.62 Å². The number of halogens is 1. The van der Waals surface area contributed by atoms with E-state index in [1.54, 1.807) is 32.0 Å². The first-order chi connectivity index (χ1) is 13.0. The molecule has 1 atom stereocenters. The summed E-state index contributed by atoms with van der Waals surface area (Å²) >= 11 is 0. The highest BCUT2D eigenvalue weighted by Crippen LogP contribution is 2.25. The zero-order valence-corrected chi connectivity index (χ0v) is 17.5. The first-order valence-corrected chi connectivity index (χ1v) is 10.2. The summed E-state index contributed by atoms with van der Waals surface area (Å²) in [5, 5.41) is 2.77. The van der Waals surface area contributed by atoms with Crippen LogP contribution in [-0.4, -0.2) is 39.3 Å². The first-order valence-electron chi connectivity index (χ1n) is 8.84. The van der Waals surface area contributed by atoms with E-state index >= 15 is 0 Å². The third kappa shape index (κ3) is 5.08. The van der Waals surface area contributed by atoms with Crippen molar-refractivity contribution in [2.45, 2.75) is 26.8 Å². The van der Waals surface area contributed by atoms with Crippen LogP contribution in [-0.2, 0) is 15.0 Å².